The van der Waals surface area contributed by atoms with Crippen LogP contribution in [0, 0.1) is 5.92 Å². The molecule has 2 aliphatic rings. The Hall–Kier alpha value is -1.40. The highest BCUT2D eigenvalue weighted by Crippen LogP contribution is 2.25. The zero-order chi connectivity index (χ0) is 15.0. The van der Waals surface area contributed by atoms with E-state index in [1.54, 1.807) is 24.1 Å². The van der Waals surface area contributed by atoms with Crippen molar-refractivity contribution in [1.82, 2.24) is 9.62 Å². The van der Waals surface area contributed by atoms with Crippen LogP contribution in [0.15, 0.2) is 23.1 Å². The number of hydrogen-bond acceptors (Lipinski definition) is 3. The van der Waals surface area contributed by atoms with Crippen molar-refractivity contribution >= 4 is 15.9 Å². The van der Waals surface area contributed by atoms with E-state index in [0.29, 0.717) is 24.4 Å². The second-order valence-electron chi connectivity index (χ2n) is 5.98. The third-order valence-corrected chi connectivity index (χ3v) is 5.78. The highest BCUT2D eigenvalue weighted by molar-refractivity contribution is 7.89. The molecule has 0 bridgehead atoms. The molecule has 1 atom stereocenters. The summed E-state index contributed by atoms with van der Waals surface area (Å²) < 4.78 is 27.3. The Morgan fingerprint density at radius 1 is 1.29 bits per heavy atom. The zero-order valence-corrected chi connectivity index (χ0v) is 12.9. The standard InChI is InChI=1S/C15H20N2O3S/c1-17-10-11(7-15(17)18)9-16-21(19,20)14-6-5-12-3-2-4-13(12)8-14/h5-6,8,11,16H,2-4,7,9-10H2,1H3. The summed E-state index contributed by atoms with van der Waals surface area (Å²) in [5.41, 5.74) is 2.41. The summed E-state index contributed by atoms with van der Waals surface area (Å²) >= 11 is 0. The fourth-order valence-corrected chi connectivity index (χ4v) is 4.29. The molecule has 1 aromatic rings. The third-order valence-electron chi connectivity index (χ3n) is 4.36. The molecule has 0 saturated carbocycles. The van der Waals surface area contributed by atoms with Gasteiger partial charge in [-0.3, -0.25) is 4.79 Å². The van der Waals surface area contributed by atoms with Gasteiger partial charge < -0.3 is 4.90 Å². The molecule has 0 spiro atoms. The molecule has 1 saturated heterocycles. The number of sulfonamides is 1. The minimum absolute atomic E-state index is 0.0618. The van der Waals surface area contributed by atoms with Gasteiger partial charge in [0, 0.05) is 26.6 Å². The lowest BCUT2D eigenvalue weighted by Crippen LogP contribution is -2.30. The van der Waals surface area contributed by atoms with Gasteiger partial charge >= 0.3 is 0 Å². The van der Waals surface area contributed by atoms with Crippen LogP contribution in [0.25, 0.3) is 0 Å². The lowest BCUT2D eigenvalue weighted by atomic mass is 10.1. The molecule has 1 heterocycles. The molecule has 1 N–H and O–H groups in total. The first-order chi connectivity index (χ1) is 9.95. The topological polar surface area (TPSA) is 66.5 Å². The Kier molecular flexibility index (Phi) is 3.75. The van der Waals surface area contributed by atoms with Crippen molar-refractivity contribution in [2.45, 2.75) is 30.6 Å². The number of amides is 1. The maximum absolute atomic E-state index is 12.3. The van der Waals surface area contributed by atoms with Gasteiger partial charge in [-0.05, 0) is 48.4 Å². The monoisotopic (exact) mass is 308 g/mol. The van der Waals surface area contributed by atoms with Gasteiger partial charge in [0.05, 0.1) is 4.90 Å². The summed E-state index contributed by atoms with van der Waals surface area (Å²) in [5.74, 6) is 0.142. The van der Waals surface area contributed by atoms with Crippen LogP contribution in [0.3, 0.4) is 0 Å². The number of fused-ring (bicyclic) bond motifs is 1. The second-order valence-corrected chi connectivity index (χ2v) is 7.75. The molecule has 21 heavy (non-hydrogen) atoms. The van der Waals surface area contributed by atoms with E-state index in [2.05, 4.69) is 4.72 Å². The number of hydrogen-bond donors (Lipinski definition) is 1. The van der Waals surface area contributed by atoms with Crippen LogP contribution >= 0.6 is 0 Å². The first kappa shape index (κ1) is 14.5. The van der Waals surface area contributed by atoms with E-state index in [9.17, 15) is 13.2 Å². The van der Waals surface area contributed by atoms with Crippen LogP contribution in [0.1, 0.15) is 24.0 Å². The van der Waals surface area contributed by atoms with Crippen molar-refractivity contribution in [3.05, 3.63) is 29.3 Å². The lowest BCUT2D eigenvalue weighted by molar-refractivity contribution is -0.126. The quantitative estimate of drug-likeness (QED) is 0.900. The number of benzene rings is 1. The molecule has 1 aliphatic heterocycles. The SMILES string of the molecule is CN1CC(CNS(=O)(=O)c2ccc3c(c2)CCC3)CC1=O. The van der Waals surface area contributed by atoms with Crippen LogP contribution in [0.2, 0.25) is 0 Å². The Bertz CT molecular complexity index is 669. The zero-order valence-electron chi connectivity index (χ0n) is 12.1. The largest absolute Gasteiger partial charge is 0.345 e. The summed E-state index contributed by atoms with van der Waals surface area (Å²) in [5, 5.41) is 0. The van der Waals surface area contributed by atoms with Crippen molar-refractivity contribution in [2.24, 2.45) is 5.92 Å². The molecule has 114 valence electrons. The normalized spacial score (nSPS) is 21.9. The minimum Gasteiger partial charge on any atom is -0.345 e. The highest BCUT2D eigenvalue weighted by atomic mass is 32.2. The first-order valence-corrected chi connectivity index (χ1v) is 8.79. The van der Waals surface area contributed by atoms with Gasteiger partial charge in [-0.15, -0.1) is 0 Å². The average Bonchev–Trinajstić information content (AvgIpc) is 3.03. The maximum Gasteiger partial charge on any atom is 0.240 e. The number of carbonyl (C=O) groups excluding carboxylic acids is 1. The van der Waals surface area contributed by atoms with Gasteiger partial charge in [-0.2, -0.15) is 0 Å². The van der Waals surface area contributed by atoms with Crippen LogP contribution in [0.5, 0.6) is 0 Å². The molecule has 1 fully saturated rings. The van der Waals surface area contributed by atoms with Crippen molar-refractivity contribution < 1.29 is 13.2 Å². The van der Waals surface area contributed by atoms with Crippen LogP contribution in [0.4, 0.5) is 0 Å². The van der Waals surface area contributed by atoms with Gasteiger partial charge in [0.15, 0.2) is 0 Å². The first-order valence-electron chi connectivity index (χ1n) is 7.31. The molecule has 0 radical (unpaired) electrons. The number of likely N-dealkylation sites (tertiary alicyclic amines) is 1. The average molecular weight is 308 g/mol. The predicted octanol–water partition coefficient (Wildman–Crippen LogP) is 0.932. The van der Waals surface area contributed by atoms with Crippen molar-refractivity contribution in [1.29, 1.82) is 0 Å². The Labute approximate surface area is 125 Å². The highest BCUT2D eigenvalue weighted by Gasteiger charge is 2.28. The molecule has 5 nitrogen and oxygen atoms in total. The molecular weight excluding hydrogens is 288 g/mol. The van der Waals surface area contributed by atoms with E-state index < -0.39 is 10.0 Å². The molecule has 0 aromatic heterocycles. The van der Waals surface area contributed by atoms with E-state index in [1.165, 1.54) is 5.56 Å². The van der Waals surface area contributed by atoms with Crippen molar-refractivity contribution in [3.63, 3.8) is 0 Å². The molecule has 1 amide bonds. The minimum atomic E-state index is -3.48. The number of carbonyl (C=O) groups is 1. The number of nitrogens with one attached hydrogen (secondary N) is 1. The second kappa shape index (κ2) is 5.42. The van der Waals surface area contributed by atoms with Gasteiger partial charge in [0.25, 0.3) is 0 Å². The summed E-state index contributed by atoms with van der Waals surface area (Å²) in [6, 6.07) is 5.39. The fourth-order valence-electron chi connectivity index (χ4n) is 3.12. The molecule has 1 unspecified atom stereocenters. The van der Waals surface area contributed by atoms with Crippen molar-refractivity contribution in [3.8, 4) is 0 Å². The fraction of sp³-hybridized carbons (Fsp3) is 0.533. The van der Waals surface area contributed by atoms with Gasteiger partial charge in [-0.1, -0.05) is 6.07 Å². The molecule has 1 aromatic carbocycles. The predicted molar refractivity (Wildman–Crippen MR) is 79.4 cm³/mol. The van der Waals surface area contributed by atoms with Crippen molar-refractivity contribution in [2.75, 3.05) is 20.1 Å². The van der Waals surface area contributed by atoms with E-state index in [4.69, 9.17) is 0 Å². The van der Waals surface area contributed by atoms with E-state index >= 15 is 0 Å². The van der Waals surface area contributed by atoms with E-state index in [1.807, 2.05) is 6.07 Å². The number of aryl methyl sites for hydroxylation is 2. The van der Waals surface area contributed by atoms with Crippen LogP contribution in [-0.2, 0) is 27.7 Å². The molecular formula is C15H20N2O3S. The molecule has 3 rings (SSSR count). The number of rotatable bonds is 4. The van der Waals surface area contributed by atoms with Crippen LogP contribution < -0.4 is 4.72 Å². The molecule has 1 aliphatic carbocycles. The lowest BCUT2D eigenvalue weighted by Gasteiger charge is -2.12. The smallest absolute Gasteiger partial charge is 0.240 e. The summed E-state index contributed by atoms with van der Waals surface area (Å²) in [7, 11) is -1.74. The maximum atomic E-state index is 12.3. The Balaban J connectivity index is 1.68. The Morgan fingerprint density at radius 2 is 2.05 bits per heavy atom. The summed E-state index contributed by atoms with van der Waals surface area (Å²) in [4.78, 5) is 13.4. The van der Waals surface area contributed by atoms with Crippen LogP contribution in [-0.4, -0.2) is 39.4 Å². The van der Waals surface area contributed by atoms with Gasteiger partial charge in [-0.25, -0.2) is 13.1 Å². The Morgan fingerprint density at radius 3 is 2.76 bits per heavy atom. The van der Waals surface area contributed by atoms with Gasteiger partial charge in [0.2, 0.25) is 15.9 Å². The summed E-state index contributed by atoms with van der Waals surface area (Å²) in [6.07, 6.45) is 3.52. The summed E-state index contributed by atoms with van der Waals surface area (Å²) in [6.45, 7) is 0.932. The van der Waals surface area contributed by atoms with E-state index in [-0.39, 0.29) is 11.8 Å². The third kappa shape index (κ3) is 2.96. The van der Waals surface area contributed by atoms with Gasteiger partial charge in [0.1, 0.15) is 0 Å². The molecule has 6 heteroatoms. The van der Waals surface area contributed by atoms with E-state index in [0.717, 1.165) is 24.8 Å². The number of nitrogens with zero attached hydrogens (tertiary/aromatic N) is 1.